The summed E-state index contributed by atoms with van der Waals surface area (Å²) in [7, 11) is 0. The van der Waals surface area contributed by atoms with Crippen molar-refractivity contribution in [2.45, 2.75) is 13.2 Å². The maximum absolute atomic E-state index is 11.9. The van der Waals surface area contributed by atoms with E-state index in [1.165, 1.54) is 0 Å². The summed E-state index contributed by atoms with van der Waals surface area (Å²) >= 11 is 0. The zero-order chi connectivity index (χ0) is 18.9. The number of aromatic nitrogens is 1. The molecule has 2 N–H and O–H groups in total. The summed E-state index contributed by atoms with van der Waals surface area (Å²) in [5.41, 5.74) is 3.53. The zero-order valence-electron chi connectivity index (χ0n) is 14.6. The molecule has 0 aliphatic rings. The van der Waals surface area contributed by atoms with Crippen LogP contribution in [0.5, 0.6) is 0 Å². The van der Waals surface area contributed by atoms with Gasteiger partial charge < -0.3 is 19.8 Å². The van der Waals surface area contributed by atoms with Crippen molar-refractivity contribution in [2.75, 3.05) is 6.54 Å². The summed E-state index contributed by atoms with van der Waals surface area (Å²) in [5, 5.41) is 5.15. The minimum atomic E-state index is -0.641. The molecule has 27 heavy (non-hydrogen) atoms. The normalized spacial score (nSPS) is 10.2. The Morgan fingerprint density at radius 2 is 1.85 bits per heavy atom. The lowest BCUT2D eigenvalue weighted by Gasteiger charge is -2.08. The number of nitrogens with one attached hydrogen (secondary N) is 2. The van der Waals surface area contributed by atoms with Gasteiger partial charge in [-0.25, -0.2) is 4.79 Å². The van der Waals surface area contributed by atoms with Gasteiger partial charge in [0.2, 0.25) is 5.91 Å². The van der Waals surface area contributed by atoms with Crippen LogP contribution in [-0.2, 0) is 22.7 Å². The highest BCUT2D eigenvalue weighted by Crippen LogP contribution is 2.19. The third kappa shape index (κ3) is 5.71. The lowest BCUT2D eigenvalue weighted by Crippen LogP contribution is -2.36. The van der Waals surface area contributed by atoms with E-state index in [2.05, 4.69) is 15.6 Å². The van der Waals surface area contributed by atoms with Crippen molar-refractivity contribution in [1.82, 2.24) is 15.6 Å². The molecule has 3 aromatic rings. The molecule has 7 nitrogen and oxygen atoms in total. The second-order valence-electron chi connectivity index (χ2n) is 5.79. The van der Waals surface area contributed by atoms with Crippen molar-refractivity contribution >= 4 is 12.0 Å². The largest absolute Gasteiger partial charge is 0.472 e. The average Bonchev–Trinajstić information content (AvgIpc) is 3.25. The molecule has 2 amide bonds. The summed E-state index contributed by atoms with van der Waals surface area (Å²) < 4.78 is 10.1. The lowest BCUT2D eigenvalue weighted by atomic mass is 10.1. The minimum absolute atomic E-state index is 0.154. The summed E-state index contributed by atoms with van der Waals surface area (Å²) in [6, 6.07) is 13.1. The van der Waals surface area contributed by atoms with Crippen molar-refractivity contribution in [3.8, 4) is 11.1 Å². The van der Waals surface area contributed by atoms with Crippen LogP contribution in [0.15, 0.2) is 71.8 Å². The first-order chi connectivity index (χ1) is 13.2. The highest BCUT2D eigenvalue weighted by Gasteiger charge is 2.07. The Bertz CT molecular complexity index is 879. The zero-order valence-corrected chi connectivity index (χ0v) is 14.6. The molecule has 0 bridgehead atoms. The molecule has 0 fully saturated rings. The van der Waals surface area contributed by atoms with Crippen molar-refractivity contribution in [3.63, 3.8) is 0 Å². The van der Waals surface area contributed by atoms with Crippen LogP contribution in [0, 0.1) is 0 Å². The Morgan fingerprint density at radius 3 is 2.63 bits per heavy atom. The maximum atomic E-state index is 11.9. The third-order valence-corrected chi connectivity index (χ3v) is 3.75. The molecular weight excluding hydrogens is 346 g/mol. The molecule has 0 saturated carbocycles. The summed E-state index contributed by atoms with van der Waals surface area (Å²) in [6.45, 7) is 0.293. The second kappa shape index (κ2) is 9.19. The molecule has 138 valence electrons. The Hall–Kier alpha value is -3.61. The molecule has 0 aliphatic heterocycles. The van der Waals surface area contributed by atoms with E-state index in [4.69, 9.17) is 9.15 Å². The standard InChI is InChI=1S/C20H19N3O4/c24-19(12-23-20(25)27-13-15-4-2-1-3-5-15)22-10-16-8-18(11-21-9-16)17-6-7-26-14-17/h1-9,11,14H,10,12-13H2,(H,22,24)(H,23,25). The fourth-order valence-electron chi connectivity index (χ4n) is 2.36. The molecule has 0 atom stereocenters. The van der Waals surface area contributed by atoms with E-state index in [-0.39, 0.29) is 19.1 Å². The van der Waals surface area contributed by atoms with Crippen LogP contribution in [0.1, 0.15) is 11.1 Å². The van der Waals surface area contributed by atoms with Gasteiger partial charge in [-0.2, -0.15) is 0 Å². The van der Waals surface area contributed by atoms with E-state index >= 15 is 0 Å². The smallest absolute Gasteiger partial charge is 0.407 e. The molecule has 0 saturated heterocycles. The number of hydrogen-bond donors (Lipinski definition) is 2. The van der Waals surface area contributed by atoms with E-state index in [0.717, 1.165) is 22.3 Å². The summed E-state index contributed by atoms with van der Waals surface area (Å²) in [4.78, 5) is 27.7. The van der Waals surface area contributed by atoms with Crippen LogP contribution in [0.4, 0.5) is 4.79 Å². The van der Waals surface area contributed by atoms with Crippen LogP contribution >= 0.6 is 0 Å². The minimum Gasteiger partial charge on any atom is -0.472 e. The van der Waals surface area contributed by atoms with E-state index in [1.807, 2.05) is 42.5 Å². The monoisotopic (exact) mass is 365 g/mol. The van der Waals surface area contributed by atoms with E-state index in [1.54, 1.807) is 24.9 Å². The van der Waals surface area contributed by atoms with Crippen molar-refractivity contribution in [2.24, 2.45) is 0 Å². The van der Waals surface area contributed by atoms with Gasteiger partial charge in [0, 0.05) is 30.1 Å². The summed E-state index contributed by atoms with van der Waals surface area (Å²) in [5.74, 6) is -0.319. The van der Waals surface area contributed by atoms with Crippen LogP contribution in [0.3, 0.4) is 0 Å². The Morgan fingerprint density at radius 1 is 1.00 bits per heavy atom. The quantitative estimate of drug-likeness (QED) is 0.671. The fraction of sp³-hybridized carbons (Fsp3) is 0.150. The number of alkyl carbamates (subject to hydrolysis) is 1. The molecule has 7 heteroatoms. The Kier molecular flexibility index (Phi) is 6.19. The molecular formula is C20H19N3O4. The van der Waals surface area contributed by atoms with Gasteiger partial charge in [-0.15, -0.1) is 0 Å². The SMILES string of the molecule is O=C(CNC(=O)OCc1ccccc1)NCc1cncc(-c2ccoc2)c1. The molecule has 0 radical (unpaired) electrons. The van der Waals surface area contributed by atoms with Crippen molar-refractivity contribution in [1.29, 1.82) is 0 Å². The third-order valence-electron chi connectivity index (χ3n) is 3.75. The Balaban J connectivity index is 1.39. The number of benzene rings is 1. The van der Waals surface area contributed by atoms with E-state index < -0.39 is 6.09 Å². The first-order valence-corrected chi connectivity index (χ1v) is 8.38. The fourth-order valence-corrected chi connectivity index (χ4v) is 2.36. The lowest BCUT2D eigenvalue weighted by molar-refractivity contribution is -0.120. The molecule has 0 spiro atoms. The number of ether oxygens (including phenoxy) is 1. The van der Waals surface area contributed by atoms with Gasteiger partial charge >= 0.3 is 6.09 Å². The Labute approximate surface area is 156 Å². The van der Waals surface area contributed by atoms with Crippen molar-refractivity contribution in [3.05, 3.63) is 78.5 Å². The van der Waals surface area contributed by atoms with Gasteiger partial charge in [0.05, 0.1) is 12.5 Å². The summed E-state index contributed by atoms with van der Waals surface area (Å²) in [6.07, 6.45) is 5.97. The predicted octanol–water partition coefficient (Wildman–Crippen LogP) is 2.88. The topological polar surface area (TPSA) is 93.5 Å². The van der Waals surface area contributed by atoms with Gasteiger partial charge in [0.1, 0.15) is 13.2 Å². The van der Waals surface area contributed by atoms with Gasteiger partial charge in [0.25, 0.3) is 0 Å². The number of nitrogens with zero attached hydrogens (tertiary/aromatic N) is 1. The highest BCUT2D eigenvalue weighted by molar-refractivity contribution is 5.82. The van der Waals surface area contributed by atoms with E-state index in [0.29, 0.717) is 6.54 Å². The highest BCUT2D eigenvalue weighted by atomic mass is 16.5. The van der Waals surface area contributed by atoms with Gasteiger partial charge in [-0.3, -0.25) is 9.78 Å². The number of pyridine rings is 1. The molecule has 2 heterocycles. The molecule has 0 unspecified atom stereocenters. The second-order valence-corrected chi connectivity index (χ2v) is 5.79. The first kappa shape index (κ1) is 18.2. The molecule has 3 rings (SSSR count). The number of carbonyl (C=O) groups is 2. The number of amides is 2. The molecule has 1 aromatic carbocycles. The van der Waals surface area contributed by atoms with Crippen LogP contribution < -0.4 is 10.6 Å². The van der Waals surface area contributed by atoms with Crippen LogP contribution in [0.2, 0.25) is 0 Å². The van der Waals surface area contributed by atoms with E-state index in [9.17, 15) is 9.59 Å². The molecule has 2 aromatic heterocycles. The van der Waals surface area contributed by atoms with Gasteiger partial charge in [0.15, 0.2) is 0 Å². The van der Waals surface area contributed by atoms with Gasteiger partial charge in [-0.05, 0) is 23.3 Å². The number of rotatable bonds is 7. The number of hydrogen-bond acceptors (Lipinski definition) is 5. The number of furan rings is 1. The number of carbonyl (C=O) groups excluding carboxylic acids is 2. The first-order valence-electron chi connectivity index (χ1n) is 8.38. The van der Waals surface area contributed by atoms with Crippen molar-refractivity contribution < 1.29 is 18.7 Å². The van der Waals surface area contributed by atoms with Gasteiger partial charge in [-0.1, -0.05) is 30.3 Å². The molecule has 0 aliphatic carbocycles. The average molecular weight is 365 g/mol. The predicted molar refractivity (Wildman–Crippen MR) is 98.4 cm³/mol. The van der Waals surface area contributed by atoms with Crippen LogP contribution in [0.25, 0.3) is 11.1 Å². The maximum Gasteiger partial charge on any atom is 0.407 e. The van der Waals surface area contributed by atoms with Crippen LogP contribution in [-0.4, -0.2) is 23.5 Å².